The highest BCUT2D eigenvalue weighted by Crippen LogP contribution is 2.18. The van der Waals surface area contributed by atoms with Crippen LogP contribution < -0.4 is 5.32 Å². The molecule has 0 spiro atoms. The van der Waals surface area contributed by atoms with E-state index in [1.54, 1.807) is 7.05 Å². The van der Waals surface area contributed by atoms with Gasteiger partial charge in [0.05, 0.1) is 13.7 Å². The lowest BCUT2D eigenvalue weighted by Gasteiger charge is -2.34. The van der Waals surface area contributed by atoms with E-state index in [1.807, 2.05) is 6.92 Å². The molecule has 0 saturated carbocycles. The molecule has 1 fully saturated rings. The first-order chi connectivity index (χ1) is 8.53. The molecule has 1 heterocycles. The number of nitrogens with one attached hydrogen (secondary N) is 1. The lowest BCUT2D eigenvalue weighted by atomic mass is 9.93. The Labute approximate surface area is 110 Å². The third-order valence-corrected chi connectivity index (χ3v) is 3.77. The van der Waals surface area contributed by atoms with Gasteiger partial charge >= 0.3 is 5.97 Å². The Balaban J connectivity index is 2.60. The van der Waals surface area contributed by atoms with Crippen molar-refractivity contribution >= 4 is 5.97 Å². The number of nitrogens with zero attached hydrogens (tertiary/aromatic N) is 1. The van der Waals surface area contributed by atoms with Crippen LogP contribution in [0.5, 0.6) is 0 Å². The maximum Gasteiger partial charge on any atom is 0.325 e. The van der Waals surface area contributed by atoms with Crippen molar-refractivity contribution in [2.75, 3.05) is 40.5 Å². The molecule has 0 aromatic rings. The van der Waals surface area contributed by atoms with Crippen molar-refractivity contribution in [2.24, 2.45) is 0 Å². The van der Waals surface area contributed by atoms with E-state index in [9.17, 15) is 4.79 Å². The average molecular weight is 258 g/mol. The molecule has 2 unspecified atom stereocenters. The van der Waals surface area contributed by atoms with Crippen molar-refractivity contribution in [3.05, 3.63) is 0 Å². The third kappa shape index (κ3) is 3.93. The van der Waals surface area contributed by atoms with E-state index in [4.69, 9.17) is 9.47 Å². The maximum atomic E-state index is 11.8. The average Bonchev–Trinajstić information content (AvgIpc) is 2.66. The van der Waals surface area contributed by atoms with E-state index in [0.717, 1.165) is 39.1 Å². The summed E-state index contributed by atoms with van der Waals surface area (Å²) in [6, 6.07) is 0.322. The van der Waals surface area contributed by atoms with Gasteiger partial charge in [-0.2, -0.15) is 0 Å². The van der Waals surface area contributed by atoms with Crippen LogP contribution in [0.15, 0.2) is 0 Å². The standard InChI is InChI=1S/C13H26N2O3/c1-11(15-6-5-8-18-9-7-15)10-13(2,14-3)12(16)17-4/h11,14H,5-10H2,1-4H3. The van der Waals surface area contributed by atoms with E-state index in [-0.39, 0.29) is 5.97 Å². The molecule has 1 aliphatic heterocycles. The third-order valence-electron chi connectivity index (χ3n) is 3.77. The summed E-state index contributed by atoms with van der Waals surface area (Å²) in [6.07, 6.45) is 1.79. The van der Waals surface area contributed by atoms with Crippen molar-refractivity contribution < 1.29 is 14.3 Å². The number of carbonyl (C=O) groups is 1. The van der Waals surface area contributed by atoms with Crippen molar-refractivity contribution in [1.29, 1.82) is 0 Å². The fourth-order valence-corrected chi connectivity index (χ4v) is 2.44. The van der Waals surface area contributed by atoms with Crippen LogP contribution in [0, 0.1) is 0 Å². The fourth-order valence-electron chi connectivity index (χ4n) is 2.44. The number of ether oxygens (including phenoxy) is 2. The van der Waals surface area contributed by atoms with Crippen molar-refractivity contribution in [3.63, 3.8) is 0 Å². The van der Waals surface area contributed by atoms with Gasteiger partial charge in [0.15, 0.2) is 0 Å². The predicted molar refractivity (Wildman–Crippen MR) is 70.6 cm³/mol. The van der Waals surface area contributed by atoms with Crippen molar-refractivity contribution in [1.82, 2.24) is 10.2 Å². The smallest absolute Gasteiger partial charge is 0.325 e. The first-order valence-electron chi connectivity index (χ1n) is 6.62. The van der Waals surface area contributed by atoms with Gasteiger partial charge in [-0.25, -0.2) is 0 Å². The summed E-state index contributed by atoms with van der Waals surface area (Å²) in [5, 5.41) is 3.08. The number of methoxy groups -OCH3 is 1. The molecule has 1 N–H and O–H groups in total. The number of hydrogen-bond donors (Lipinski definition) is 1. The molecule has 0 bridgehead atoms. The number of esters is 1. The van der Waals surface area contributed by atoms with Gasteiger partial charge in [0, 0.05) is 25.7 Å². The lowest BCUT2D eigenvalue weighted by molar-refractivity contribution is -0.148. The highest BCUT2D eigenvalue weighted by atomic mass is 16.5. The second kappa shape index (κ2) is 7.07. The topological polar surface area (TPSA) is 50.8 Å². The Bertz CT molecular complexity index is 265. The molecular weight excluding hydrogens is 232 g/mol. The molecule has 5 heteroatoms. The lowest BCUT2D eigenvalue weighted by Crippen LogP contribution is -2.52. The molecule has 0 aliphatic carbocycles. The summed E-state index contributed by atoms with van der Waals surface area (Å²) in [6.45, 7) is 7.63. The molecule has 1 aliphatic rings. The zero-order valence-electron chi connectivity index (χ0n) is 12.0. The molecule has 1 saturated heterocycles. The summed E-state index contributed by atoms with van der Waals surface area (Å²) in [4.78, 5) is 14.2. The van der Waals surface area contributed by atoms with Crippen molar-refractivity contribution in [3.8, 4) is 0 Å². The van der Waals surface area contributed by atoms with Gasteiger partial charge in [-0.15, -0.1) is 0 Å². The van der Waals surface area contributed by atoms with Gasteiger partial charge < -0.3 is 14.8 Å². The van der Waals surface area contributed by atoms with Crippen molar-refractivity contribution in [2.45, 2.75) is 38.3 Å². The maximum absolute atomic E-state index is 11.8. The largest absolute Gasteiger partial charge is 0.468 e. The molecule has 18 heavy (non-hydrogen) atoms. The van der Waals surface area contributed by atoms with E-state index >= 15 is 0 Å². The van der Waals surface area contributed by atoms with E-state index < -0.39 is 5.54 Å². The molecule has 0 amide bonds. The summed E-state index contributed by atoms with van der Waals surface area (Å²) < 4.78 is 10.3. The Kier molecular flexibility index (Phi) is 6.05. The van der Waals surface area contributed by atoms with Gasteiger partial charge in [-0.3, -0.25) is 9.69 Å². The predicted octanol–water partition coefficient (Wildman–Crippen LogP) is 0.638. The van der Waals surface area contributed by atoms with E-state index in [1.165, 1.54) is 7.11 Å². The fraction of sp³-hybridized carbons (Fsp3) is 0.923. The summed E-state index contributed by atoms with van der Waals surface area (Å²) in [5.74, 6) is -0.206. The summed E-state index contributed by atoms with van der Waals surface area (Å²) in [7, 11) is 3.23. The van der Waals surface area contributed by atoms with Crippen LogP contribution in [0.25, 0.3) is 0 Å². The van der Waals surface area contributed by atoms with Crippen LogP contribution in [-0.2, 0) is 14.3 Å². The molecule has 1 rings (SSSR count). The van der Waals surface area contributed by atoms with Gasteiger partial charge in [0.2, 0.25) is 0 Å². The zero-order chi connectivity index (χ0) is 13.6. The zero-order valence-corrected chi connectivity index (χ0v) is 12.0. The Morgan fingerprint density at radius 2 is 2.22 bits per heavy atom. The minimum atomic E-state index is -0.624. The quantitative estimate of drug-likeness (QED) is 0.733. The van der Waals surface area contributed by atoms with Gasteiger partial charge in [-0.1, -0.05) is 0 Å². The normalized spacial score (nSPS) is 22.9. The number of rotatable bonds is 5. The molecule has 5 nitrogen and oxygen atoms in total. The Morgan fingerprint density at radius 3 is 2.83 bits per heavy atom. The monoisotopic (exact) mass is 258 g/mol. The van der Waals surface area contributed by atoms with Crippen LogP contribution in [0.3, 0.4) is 0 Å². The highest BCUT2D eigenvalue weighted by Gasteiger charge is 2.35. The number of likely N-dealkylation sites (N-methyl/N-ethyl adjacent to an activating group) is 1. The summed E-state index contributed by atoms with van der Waals surface area (Å²) in [5.41, 5.74) is -0.624. The van der Waals surface area contributed by atoms with Crippen LogP contribution >= 0.6 is 0 Å². The molecule has 2 atom stereocenters. The first kappa shape index (κ1) is 15.4. The minimum Gasteiger partial charge on any atom is -0.468 e. The van der Waals surface area contributed by atoms with E-state index in [0.29, 0.717) is 6.04 Å². The Morgan fingerprint density at radius 1 is 1.50 bits per heavy atom. The molecule has 106 valence electrons. The summed E-state index contributed by atoms with van der Waals surface area (Å²) >= 11 is 0. The van der Waals surface area contributed by atoms with Crippen LogP contribution in [0.2, 0.25) is 0 Å². The second-order valence-corrected chi connectivity index (χ2v) is 5.13. The molecule has 0 radical (unpaired) electrons. The first-order valence-corrected chi connectivity index (χ1v) is 6.62. The Hall–Kier alpha value is -0.650. The molecule has 0 aromatic heterocycles. The van der Waals surface area contributed by atoms with Gasteiger partial charge in [-0.05, 0) is 33.7 Å². The molecule has 0 aromatic carbocycles. The second-order valence-electron chi connectivity index (χ2n) is 5.13. The van der Waals surface area contributed by atoms with Crippen LogP contribution in [0.4, 0.5) is 0 Å². The number of hydrogen-bond acceptors (Lipinski definition) is 5. The van der Waals surface area contributed by atoms with Crippen LogP contribution in [0.1, 0.15) is 26.7 Å². The highest BCUT2D eigenvalue weighted by molar-refractivity contribution is 5.80. The molecular formula is C13H26N2O3. The van der Waals surface area contributed by atoms with Gasteiger partial charge in [0.1, 0.15) is 5.54 Å². The SMILES string of the molecule is CNC(C)(CC(C)N1CCCOCC1)C(=O)OC. The number of carbonyl (C=O) groups excluding carboxylic acids is 1. The van der Waals surface area contributed by atoms with Crippen LogP contribution in [-0.4, -0.2) is 62.9 Å². The van der Waals surface area contributed by atoms with Gasteiger partial charge in [0.25, 0.3) is 0 Å². The minimum absolute atomic E-state index is 0.206. The van der Waals surface area contributed by atoms with E-state index in [2.05, 4.69) is 17.1 Å².